The van der Waals surface area contributed by atoms with E-state index in [1.165, 1.54) is 18.1 Å². The molecule has 1 fully saturated rings. The molecule has 1 aromatic rings. The van der Waals surface area contributed by atoms with Crippen LogP contribution in [0.1, 0.15) is 6.42 Å². The molecule has 0 radical (unpaired) electrons. The molecule has 0 amide bonds. The number of nitrogen functional groups attached to an aromatic ring is 1. The van der Waals surface area contributed by atoms with Crippen LogP contribution in [0.4, 0.5) is 15.8 Å². The molecule has 1 aromatic heterocycles. The van der Waals surface area contributed by atoms with Crippen molar-refractivity contribution in [2.24, 2.45) is 0 Å². The predicted molar refractivity (Wildman–Crippen MR) is 71.0 cm³/mol. The van der Waals surface area contributed by atoms with Gasteiger partial charge in [-0.05, 0) is 0 Å². The summed E-state index contributed by atoms with van der Waals surface area (Å²) in [6, 6.07) is 0. The van der Waals surface area contributed by atoms with Crippen LogP contribution in [0.3, 0.4) is 0 Å². The summed E-state index contributed by atoms with van der Waals surface area (Å²) in [4.78, 5) is 8.03. The monoisotopic (exact) mass is 264 g/mol. The van der Waals surface area contributed by atoms with E-state index in [4.69, 9.17) is 10.5 Å². The van der Waals surface area contributed by atoms with Gasteiger partial charge >= 0.3 is 0 Å². The van der Waals surface area contributed by atoms with Crippen LogP contribution >= 0.6 is 0 Å². The second kappa shape index (κ2) is 4.95. The Morgan fingerprint density at radius 2 is 1.89 bits per heavy atom. The van der Waals surface area contributed by atoms with Crippen molar-refractivity contribution in [1.82, 2.24) is 9.88 Å². The minimum atomic E-state index is -0.350. The van der Waals surface area contributed by atoms with Crippen molar-refractivity contribution in [2.75, 3.05) is 43.4 Å². The molecular weight excluding hydrogens is 247 g/mol. The standard InChI is InChI=1S/C13H17FN4O/c14-11-7-16-8-12(15)13(11)18-4-2-17(3-5-18)10-1-6-19-9-10/h7-9H,1-6,15H2. The number of nitrogens with zero attached hydrogens (tertiary/aromatic N) is 3. The van der Waals surface area contributed by atoms with E-state index in [9.17, 15) is 4.39 Å². The number of hydrogen-bond donors (Lipinski definition) is 1. The van der Waals surface area contributed by atoms with Gasteiger partial charge in [-0.15, -0.1) is 0 Å². The second-order valence-electron chi connectivity index (χ2n) is 4.76. The maximum atomic E-state index is 13.8. The summed E-state index contributed by atoms with van der Waals surface area (Å²) in [5, 5.41) is 0. The number of halogens is 1. The van der Waals surface area contributed by atoms with Crippen molar-refractivity contribution in [2.45, 2.75) is 6.42 Å². The maximum absolute atomic E-state index is 13.8. The molecule has 2 aliphatic rings. The molecule has 0 saturated carbocycles. The zero-order chi connectivity index (χ0) is 13.2. The lowest BCUT2D eigenvalue weighted by Crippen LogP contribution is -2.46. The highest BCUT2D eigenvalue weighted by atomic mass is 19.1. The van der Waals surface area contributed by atoms with Crippen LogP contribution in [-0.4, -0.2) is 42.7 Å². The molecule has 5 nitrogen and oxygen atoms in total. The predicted octanol–water partition coefficient (Wildman–Crippen LogP) is 1.19. The molecular formula is C13H17FN4O. The van der Waals surface area contributed by atoms with Crippen LogP contribution in [0.15, 0.2) is 24.4 Å². The van der Waals surface area contributed by atoms with Gasteiger partial charge in [0.25, 0.3) is 0 Å². The first-order chi connectivity index (χ1) is 9.25. The summed E-state index contributed by atoms with van der Waals surface area (Å²) in [6.45, 7) is 3.99. The topological polar surface area (TPSA) is 54.6 Å². The number of anilines is 2. The van der Waals surface area contributed by atoms with Crippen LogP contribution in [-0.2, 0) is 4.74 Å². The fourth-order valence-corrected chi connectivity index (χ4v) is 2.60. The van der Waals surface area contributed by atoms with Crippen LogP contribution in [0, 0.1) is 5.82 Å². The summed E-state index contributed by atoms with van der Waals surface area (Å²) in [5.41, 5.74) is 7.94. The molecule has 6 heteroatoms. The lowest BCUT2D eigenvalue weighted by Gasteiger charge is -2.37. The molecule has 0 unspecified atom stereocenters. The molecule has 0 aromatic carbocycles. The van der Waals surface area contributed by atoms with Gasteiger partial charge < -0.3 is 20.3 Å². The highest BCUT2D eigenvalue weighted by Crippen LogP contribution is 2.27. The molecule has 19 heavy (non-hydrogen) atoms. The first kappa shape index (κ1) is 12.1. The van der Waals surface area contributed by atoms with Gasteiger partial charge in [-0.25, -0.2) is 4.39 Å². The third kappa shape index (κ3) is 2.30. The fourth-order valence-electron chi connectivity index (χ4n) is 2.60. The van der Waals surface area contributed by atoms with Crippen LogP contribution < -0.4 is 10.6 Å². The summed E-state index contributed by atoms with van der Waals surface area (Å²) in [7, 11) is 0. The largest absolute Gasteiger partial charge is 0.499 e. The van der Waals surface area contributed by atoms with Crippen molar-refractivity contribution in [3.8, 4) is 0 Å². The van der Waals surface area contributed by atoms with E-state index < -0.39 is 0 Å². The Hall–Kier alpha value is -1.98. The van der Waals surface area contributed by atoms with Crippen LogP contribution in [0.25, 0.3) is 0 Å². The average Bonchev–Trinajstić information content (AvgIpc) is 2.93. The van der Waals surface area contributed by atoms with E-state index in [2.05, 4.69) is 9.88 Å². The molecule has 1 saturated heterocycles. The molecule has 3 rings (SSSR count). The molecule has 102 valence electrons. The maximum Gasteiger partial charge on any atom is 0.166 e. The lowest BCUT2D eigenvalue weighted by molar-refractivity contribution is 0.281. The molecule has 2 aliphatic heterocycles. The van der Waals surface area contributed by atoms with Crippen molar-refractivity contribution in [3.63, 3.8) is 0 Å². The first-order valence-electron chi connectivity index (χ1n) is 6.45. The Labute approximate surface area is 111 Å². The number of pyridine rings is 1. The highest BCUT2D eigenvalue weighted by molar-refractivity contribution is 5.67. The van der Waals surface area contributed by atoms with Gasteiger partial charge in [0.2, 0.25) is 0 Å². The van der Waals surface area contributed by atoms with Gasteiger partial charge in [-0.1, -0.05) is 0 Å². The van der Waals surface area contributed by atoms with Crippen LogP contribution in [0.5, 0.6) is 0 Å². The fraction of sp³-hybridized carbons (Fsp3) is 0.462. The van der Waals surface area contributed by atoms with Crippen molar-refractivity contribution in [1.29, 1.82) is 0 Å². The summed E-state index contributed by atoms with van der Waals surface area (Å²) < 4.78 is 19.1. The van der Waals surface area contributed by atoms with Gasteiger partial charge in [0, 0.05) is 32.6 Å². The zero-order valence-corrected chi connectivity index (χ0v) is 10.7. The van der Waals surface area contributed by atoms with Gasteiger partial charge in [-0.3, -0.25) is 4.98 Å². The summed E-state index contributed by atoms with van der Waals surface area (Å²) >= 11 is 0. The number of hydrogen-bond acceptors (Lipinski definition) is 5. The van der Waals surface area contributed by atoms with Gasteiger partial charge in [0.15, 0.2) is 5.82 Å². The van der Waals surface area contributed by atoms with Gasteiger partial charge in [-0.2, -0.15) is 0 Å². The minimum Gasteiger partial charge on any atom is -0.499 e. The Morgan fingerprint density at radius 1 is 1.16 bits per heavy atom. The number of rotatable bonds is 2. The highest BCUT2D eigenvalue weighted by Gasteiger charge is 2.23. The normalized spacial score (nSPS) is 19.3. The number of piperazine rings is 1. The Bertz CT molecular complexity index is 477. The quantitative estimate of drug-likeness (QED) is 0.869. The Balaban J connectivity index is 1.70. The third-order valence-corrected chi connectivity index (χ3v) is 3.60. The van der Waals surface area contributed by atoms with E-state index in [0.29, 0.717) is 11.4 Å². The lowest BCUT2D eigenvalue weighted by atomic mass is 10.2. The van der Waals surface area contributed by atoms with E-state index in [0.717, 1.165) is 39.2 Å². The first-order valence-corrected chi connectivity index (χ1v) is 6.45. The third-order valence-electron chi connectivity index (χ3n) is 3.60. The SMILES string of the molecule is Nc1cncc(F)c1N1CCN(C2=COCC2)CC1. The summed E-state index contributed by atoms with van der Waals surface area (Å²) in [6.07, 6.45) is 5.51. The van der Waals surface area contributed by atoms with Crippen molar-refractivity contribution in [3.05, 3.63) is 30.2 Å². The Morgan fingerprint density at radius 3 is 2.53 bits per heavy atom. The van der Waals surface area contributed by atoms with E-state index in [1.54, 1.807) is 0 Å². The van der Waals surface area contributed by atoms with Crippen LogP contribution in [0.2, 0.25) is 0 Å². The summed E-state index contributed by atoms with van der Waals surface area (Å²) in [5.74, 6) is -0.350. The minimum absolute atomic E-state index is 0.350. The smallest absolute Gasteiger partial charge is 0.166 e. The molecule has 0 spiro atoms. The molecule has 0 aliphatic carbocycles. The molecule has 2 N–H and O–H groups in total. The van der Waals surface area contributed by atoms with E-state index >= 15 is 0 Å². The second-order valence-corrected chi connectivity index (χ2v) is 4.76. The number of nitrogens with two attached hydrogens (primary N) is 1. The van der Waals surface area contributed by atoms with E-state index in [1.807, 2.05) is 11.2 Å². The molecule has 0 atom stereocenters. The number of aromatic nitrogens is 1. The van der Waals surface area contributed by atoms with Gasteiger partial charge in [0.05, 0.1) is 36.1 Å². The van der Waals surface area contributed by atoms with Crippen molar-refractivity contribution >= 4 is 11.4 Å². The Kier molecular flexibility index (Phi) is 3.15. The molecule has 3 heterocycles. The van der Waals surface area contributed by atoms with E-state index in [-0.39, 0.29) is 5.82 Å². The van der Waals surface area contributed by atoms with Crippen molar-refractivity contribution < 1.29 is 9.13 Å². The zero-order valence-electron chi connectivity index (χ0n) is 10.7. The molecule has 0 bridgehead atoms. The number of ether oxygens (including phenoxy) is 1. The average molecular weight is 264 g/mol. The van der Waals surface area contributed by atoms with Gasteiger partial charge in [0.1, 0.15) is 6.26 Å².